The molecule has 0 aliphatic heterocycles. The lowest BCUT2D eigenvalue weighted by Gasteiger charge is -2.03. The molecule has 0 N–H and O–H groups in total. The molecule has 0 aliphatic carbocycles. The van der Waals surface area contributed by atoms with Gasteiger partial charge in [-0.05, 0) is 36.4 Å². The number of fused-ring (bicyclic) bond motifs is 1. The van der Waals surface area contributed by atoms with E-state index >= 15 is 0 Å². The number of rotatable bonds is 5. The van der Waals surface area contributed by atoms with Crippen molar-refractivity contribution in [3.05, 3.63) is 65.7 Å². The van der Waals surface area contributed by atoms with Crippen molar-refractivity contribution >= 4 is 31.6 Å². The Morgan fingerprint density at radius 3 is 2.64 bits per heavy atom. The Labute approximate surface area is 148 Å². The number of methoxy groups -OCH3 is 1. The van der Waals surface area contributed by atoms with Crippen LogP contribution in [0.5, 0.6) is 5.75 Å². The van der Waals surface area contributed by atoms with Crippen LogP contribution < -0.4 is 9.54 Å². The normalized spacial score (nSPS) is 12.5. The van der Waals surface area contributed by atoms with Gasteiger partial charge in [0, 0.05) is 6.54 Å². The van der Waals surface area contributed by atoms with Crippen LogP contribution in [0.15, 0.2) is 64.4 Å². The van der Waals surface area contributed by atoms with Crippen molar-refractivity contribution in [2.75, 3.05) is 7.11 Å². The molecule has 1 heterocycles. The topological polar surface area (TPSA) is 60.7 Å². The van der Waals surface area contributed by atoms with E-state index in [4.69, 9.17) is 4.74 Å². The molecule has 0 saturated carbocycles. The highest BCUT2D eigenvalue weighted by Gasteiger charge is 2.16. The average molecular weight is 378 g/mol. The smallest absolute Gasteiger partial charge is 0.285 e. The number of para-hydroxylation sites is 1. The van der Waals surface area contributed by atoms with Gasteiger partial charge in [0.15, 0.2) is 0 Å². The summed E-state index contributed by atoms with van der Waals surface area (Å²) in [5, 5.41) is 0. The Balaban J connectivity index is 2.21. The zero-order valence-electron chi connectivity index (χ0n) is 13.3. The second-order valence-electron chi connectivity index (χ2n) is 5.11. The van der Waals surface area contributed by atoms with E-state index in [1.54, 1.807) is 30.3 Å². The highest BCUT2D eigenvalue weighted by molar-refractivity contribution is 7.90. The first-order valence-corrected chi connectivity index (χ1v) is 9.56. The number of thiazole rings is 1. The van der Waals surface area contributed by atoms with E-state index in [0.29, 0.717) is 16.0 Å². The molecule has 3 aromatic rings. The second-order valence-corrected chi connectivity index (χ2v) is 7.73. The number of ether oxygens (including phenoxy) is 1. The van der Waals surface area contributed by atoms with Crippen LogP contribution in [-0.2, 0) is 16.6 Å². The molecule has 0 atom stereocenters. The lowest BCUT2D eigenvalue weighted by molar-refractivity contribution is 0.414. The summed E-state index contributed by atoms with van der Waals surface area (Å²) < 4.78 is 50.4. The van der Waals surface area contributed by atoms with E-state index < -0.39 is 15.8 Å². The first kappa shape index (κ1) is 17.4. The average Bonchev–Trinajstić information content (AvgIpc) is 2.93. The molecule has 130 valence electrons. The van der Waals surface area contributed by atoms with Crippen molar-refractivity contribution in [2.45, 2.75) is 11.4 Å². The van der Waals surface area contributed by atoms with Gasteiger partial charge < -0.3 is 9.30 Å². The standard InChI is InChI=1S/C17H15FN2O3S2/c1-3-11-20-16-14(18)5-4-6-15(16)24-17(20)19-25(21,22)13-9-7-12(23-2)8-10-13/h3-10H,1,11H2,2H3/b19-17-. The van der Waals surface area contributed by atoms with Gasteiger partial charge in [0.2, 0.25) is 4.80 Å². The third kappa shape index (κ3) is 3.35. The number of allylic oxidation sites excluding steroid dienone is 1. The van der Waals surface area contributed by atoms with Gasteiger partial charge in [0.25, 0.3) is 10.0 Å². The van der Waals surface area contributed by atoms with Crippen LogP contribution >= 0.6 is 11.3 Å². The van der Waals surface area contributed by atoms with E-state index in [1.807, 2.05) is 0 Å². The van der Waals surface area contributed by atoms with Crippen LogP contribution in [0.3, 0.4) is 0 Å². The minimum Gasteiger partial charge on any atom is -0.497 e. The van der Waals surface area contributed by atoms with Crippen molar-refractivity contribution in [3.8, 4) is 5.75 Å². The van der Waals surface area contributed by atoms with Crippen LogP contribution in [0.1, 0.15) is 0 Å². The number of nitrogens with zero attached hydrogens (tertiary/aromatic N) is 2. The maximum absolute atomic E-state index is 14.2. The van der Waals surface area contributed by atoms with Crippen molar-refractivity contribution in [1.29, 1.82) is 0 Å². The maximum atomic E-state index is 14.2. The van der Waals surface area contributed by atoms with Gasteiger partial charge in [-0.25, -0.2) is 4.39 Å². The van der Waals surface area contributed by atoms with E-state index in [0.717, 1.165) is 11.3 Å². The summed E-state index contributed by atoms with van der Waals surface area (Å²) in [6, 6.07) is 10.6. The zero-order valence-corrected chi connectivity index (χ0v) is 15.0. The fourth-order valence-electron chi connectivity index (χ4n) is 2.36. The van der Waals surface area contributed by atoms with Gasteiger partial charge in [-0.2, -0.15) is 8.42 Å². The highest BCUT2D eigenvalue weighted by Crippen LogP contribution is 2.22. The molecule has 0 radical (unpaired) electrons. The fraction of sp³-hybridized carbons (Fsp3) is 0.118. The van der Waals surface area contributed by atoms with Gasteiger partial charge in [0.05, 0.1) is 22.2 Å². The van der Waals surface area contributed by atoms with E-state index in [2.05, 4.69) is 11.0 Å². The predicted octanol–water partition coefficient (Wildman–Crippen LogP) is 3.33. The molecule has 1 aromatic heterocycles. The number of sulfonamides is 1. The summed E-state index contributed by atoms with van der Waals surface area (Å²) >= 11 is 1.11. The lowest BCUT2D eigenvalue weighted by Crippen LogP contribution is -2.17. The Bertz CT molecular complexity index is 1100. The Kier molecular flexibility index (Phi) is 4.73. The summed E-state index contributed by atoms with van der Waals surface area (Å²) in [5.74, 6) is 0.114. The minimum absolute atomic E-state index is 0.0383. The molecule has 0 saturated heterocycles. The molecular formula is C17H15FN2O3S2. The molecule has 5 nitrogen and oxygen atoms in total. The zero-order chi connectivity index (χ0) is 18.0. The third-order valence-corrected chi connectivity index (χ3v) is 5.96. The molecule has 8 heteroatoms. The van der Waals surface area contributed by atoms with E-state index in [-0.39, 0.29) is 16.2 Å². The summed E-state index contributed by atoms with van der Waals surface area (Å²) in [6.07, 6.45) is 1.57. The summed E-state index contributed by atoms with van der Waals surface area (Å²) in [5.41, 5.74) is 0.316. The first-order valence-electron chi connectivity index (χ1n) is 7.30. The number of hydrogen-bond donors (Lipinski definition) is 0. The summed E-state index contributed by atoms with van der Waals surface area (Å²) in [6.45, 7) is 3.89. The number of halogens is 1. The fourth-order valence-corrected chi connectivity index (χ4v) is 4.62. The van der Waals surface area contributed by atoms with Crippen LogP contribution in [0.25, 0.3) is 10.2 Å². The molecule has 0 aliphatic rings. The van der Waals surface area contributed by atoms with E-state index in [1.165, 1.54) is 29.9 Å². The van der Waals surface area contributed by atoms with Gasteiger partial charge in [-0.1, -0.05) is 23.5 Å². The largest absolute Gasteiger partial charge is 0.497 e. The van der Waals surface area contributed by atoms with Crippen LogP contribution in [0.2, 0.25) is 0 Å². The van der Waals surface area contributed by atoms with Gasteiger partial charge in [0.1, 0.15) is 11.6 Å². The van der Waals surface area contributed by atoms with Crippen molar-refractivity contribution in [3.63, 3.8) is 0 Å². The second kappa shape index (κ2) is 6.81. The molecule has 0 spiro atoms. The van der Waals surface area contributed by atoms with Crippen molar-refractivity contribution in [2.24, 2.45) is 4.40 Å². The number of hydrogen-bond acceptors (Lipinski definition) is 4. The van der Waals surface area contributed by atoms with Crippen LogP contribution in [0.4, 0.5) is 4.39 Å². The van der Waals surface area contributed by atoms with Gasteiger partial charge in [-0.3, -0.25) is 0 Å². The third-order valence-electron chi connectivity index (χ3n) is 3.52. The van der Waals surface area contributed by atoms with Gasteiger partial charge >= 0.3 is 0 Å². The molecular weight excluding hydrogens is 363 g/mol. The molecule has 0 fully saturated rings. The van der Waals surface area contributed by atoms with Crippen LogP contribution in [0, 0.1) is 5.82 Å². The van der Waals surface area contributed by atoms with Gasteiger partial charge in [-0.15, -0.1) is 11.0 Å². The predicted molar refractivity (Wildman–Crippen MR) is 95.7 cm³/mol. The molecule has 3 rings (SSSR count). The monoisotopic (exact) mass is 378 g/mol. The number of benzene rings is 2. The quantitative estimate of drug-likeness (QED) is 0.640. The Morgan fingerprint density at radius 2 is 2.00 bits per heavy atom. The lowest BCUT2D eigenvalue weighted by atomic mass is 10.3. The molecule has 2 aromatic carbocycles. The molecule has 0 amide bonds. The van der Waals surface area contributed by atoms with E-state index in [9.17, 15) is 12.8 Å². The molecule has 0 bridgehead atoms. The summed E-state index contributed by atoms with van der Waals surface area (Å²) in [7, 11) is -2.44. The van der Waals surface area contributed by atoms with Crippen molar-refractivity contribution < 1.29 is 17.5 Å². The number of aromatic nitrogens is 1. The highest BCUT2D eigenvalue weighted by atomic mass is 32.2. The maximum Gasteiger partial charge on any atom is 0.285 e. The molecule has 0 unspecified atom stereocenters. The van der Waals surface area contributed by atoms with Crippen molar-refractivity contribution in [1.82, 2.24) is 4.57 Å². The SMILES string of the molecule is C=CCn1/c(=N/S(=O)(=O)c2ccc(OC)cc2)sc2cccc(F)c21. The minimum atomic E-state index is -3.94. The first-order chi connectivity index (χ1) is 12.0. The molecule has 25 heavy (non-hydrogen) atoms. The Hall–Kier alpha value is -2.45. The summed E-state index contributed by atoms with van der Waals surface area (Å²) in [4.78, 5) is 0.229. The Morgan fingerprint density at radius 1 is 1.28 bits per heavy atom. The van der Waals surface area contributed by atoms with Crippen LogP contribution in [-0.4, -0.2) is 20.1 Å².